The van der Waals surface area contributed by atoms with Gasteiger partial charge in [0.1, 0.15) is 5.82 Å². The quantitative estimate of drug-likeness (QED) is 0.578. The lowest BCUT2D eigenvalue weighted by atomic mass is 10.1. The molecule has 6 heteroatoms. The van der Waals surface area contributed by atoms with E-state index in [1.165, 1.54) is 19.2 Å². The number of piperazine rings is 1. The maximum Gasteiger partial charge on any atom is 0.340 e. The van der Waals surface area contributed by atoms with E-state index in [9.17, 15) is 9.18 Å². The predicted molar refractivity (Wildman–Crippen MR) is 107 cm³/mol. The van der Waals surface area contributed by atoms with Crippen molar-refractivity contribution in [2.24, 2.45) is 0 Å². The molecule has 0 amide bonds. The van der Waals surface area contributed by atoms with Gasteiger partial charge >= 0.3 is 5.97 Å². The fraction of sp³-hybridized carbons (Fsp3) is 0.364. The van der Waals surface area contributed by atoms with Crippen LogP contribution in [0.2, 0.25) is 0 Å². The van der Waals surface area contributed by atoms with Crippen LogP contribution in [0.4, 0.5) is 15.8 Å². The van der Waals surface area contributed by atoms with Crippen LogP contribution in [-0.2, 0) is 17.7 Å². The largest absolute Gasteiger partial charge is 0.465 e. The molecule has 3 rings (SSSR count). The monoisotopic (exact) mass is 381 g/mol. The van der Waals surface area contributed by atoms with Crippen molar-refractivity contribution in [3.63, 3.8) is 0 Å². The highest BCUT2D eigenvalue weighted by molar-refractivity contribution is 5.89. The first-order valence-electron chi connectivity index (χ1n) is 9.40. The van der Waals surface area contributed by atoms with E-state index < -0.39 is 11.8 Å². The summed E-state index contributed by atoms with van der Waals surface area (Å²) in [4.78, 5) is 19.7. The number of benzene rings is 2. The number of aryl methyl sites for hydroxylation is 1. The summed E-state index contributed by atoms with van der Waals surface area (Å²) in [5, 5.41) is 0. The zero-order valence-corrected chi connectivity index (χ0v) is 16.2. The molecule has 0 unspecified atom stereocenters. The lowest BCUT2D eigenvalue weighted by Crippen LogP contribution is -2.46. The van der Waals surface area contributed by atoms with Crippen LogP contribution in [-0.4, -0.2) is 44.2 Å². The van der Waals surface area contributed by atoms with Crippen molar-refractivity contribution in [1.29, 1.82) is 0 Å². The highest BCUT2D eigenvalue weighted by Crippen LogP contribution is 2.27. The number of nitrogens with zero attached hydrogens (tertiary/aromatic N) is 3. The maximum absolute atomic E-state index is 14.1. The number of methoxy groups -OCH3 is 1. The van der Waals surface area contributed by atoms with Crippen molar-refractivity contribution in [3.8, 4) is 0 Å². The fourth-order valence-corrected chi connectivity index (χ4v) is 3.52. The average molecular weight is 381 g/mol. The molecule has 0 N–H and O–H groups in total. The molecule has 1 fully saturated rings. The van der Waals surface area contributed by atoms with Crippen LogP contribution >= 0.6 is 0 Å². The lowest BCUT2D eigenvalue weighted by molar-refractivity contribution is 0.0595. The number of carbonyl (C=O) groups excluding carboxylic acids is 1. The third kappa shape index (κ3) is 4.32. The van der Waals surface area contributed by atoms with Crippen LogP contribution in [0.5, 0.6) is 0 Å². The molecule has 1 heterocycles. The molecular weight excluding hydrogens is 357 g/mol. The van der Waals surface area contributed by atoms with E-state index in [0.717, 1.165) is 55.1 Å². The molecule has 0 aliphatic carbocycles. The van der Waals surface area contributed by atoms with Gasteiger partial charge in [-0.25, -0.2) is 14.0 Å². The van der Waals surface area contributed by atoms with E-state index >= 15 is 0 Å². The number of hydrogen-bond acceptors (Lipinski definition) is 4. The van der Waals surface area contributed by atoms with E-state index in [4.69, 9.17) is 6.57 Å². The maximum atomic E-state index is 14.1. The van der Waals surface area contributed by atoms with Gasteiger partial charge in [0.25, 0.3) is 0 Å². The van der Waals surface area contributed by atoms with Gasteiger partial charge in [0, 0.05) is 38.4 Å². The molecular formula is C22H24FN3O2. The normalized spacial score (nSPS) is 14.6. The Balaban J connectivity index is 1.61. The van der Waals surface area contributed by atoms with Crippen molar-refractivity contribution in [2.75, 3.05) is 38.2 Å². The van der Waals surface area contributed by atoms with E-state index in [2.05, 4.69) is 32.4 Å². The molecule has 5 nitrogen and oxygen atoms in total. The van der Waals surface area contributed by atoms with Crippen LogP contribution in [0.15, 0.2) is 36.4 Å². The molecule has 1 saturated heterocycles. The van der Waals surface area contributed by atoms with Gasteiger partial charge in [-0.2, -0.15) is 0 Å². The number of carbonyl (C=O) groups is 1. The summed E-state index contributed by atoms with van der Waals surface area (Å²) in [5.41, 5.74) is 3.76. The Morgan fingerprint density at radius 1 is 1.18 bits per heavy atom. The number of esters is 1. The summed E-state index contributed by atoms with van der Waals surface area (Å²) in [5.74, 6) is -1.21. The number of ether oxygens (including phenoxy) is 1. The Bertz CT molecular complexity index is 899. The second-order valence-electron chi connectivity index (χ2n) is 6.85. The van der Waals surface area contributed by atoms with Gasteiger partial charge in [-0.05, 0) is 41.8 Å². The van der Waals surface area contributed by atoms with Gasteiger partial charge in [0.05, 0.1) is 19.2 Å². The van der Waals surface area contributed by atoms with Crippen LogP contribution in [0.25, 0.3) is 4.85 Å². The molecule has 0 aromatic heterocycles. The smallest absolute Gasteiger partial charge is 0.340 e. The molecule has 0 bridgehead atoms. The molecule has 1 aliphatic heterocycles. The predicted octanol–water partition coefficient (Wildman–Crippen LogP) is 4.05. The molecule has 0 atom stereocenters. The first kappa shape index (κ1) is 19.8. The van der Waals surface area contributed by atoms with E-state index in [-0.39, 0.29) is 5.56 Å². The molecule has 2 aromatic rings. The van der Waals surface area contributed by atoms with Crippen LogP contribution in [0.3, 0.4) is 0 Å². The van der Waals surface area contributed by atoms with Crippen molar-refractivity contribution >= 4 is 17.3 Å². The average Bonchev–Trinajstić information content (AvgIpc) is 2.73. The number of anilines is 1. The Labute approximate surface area is 165 Å². The van der Waals surface area contributed by atoms with Crippen molar-refractivity contribution in [2.45, 2.75) is 19.9 Å². The zero-order chi connectivity index (χ0) is 20.1. The van der Waals surface area contributed by atoms with E-state index in [1.807, 2.05) is 12.1 Å². The summed E-state index contributed by atoms with van der Waals surface area (Å²) in [7, 11) is 1.24. The highest BCUT2D eigenvalue weighted by Gasteiger charge is 2.19. The molecule has 0 radical (unpaired) electrons. The van der Waals surface area contributed by atoms with Crippen molar-refractivity contribution in [1.82, 2.24) is 4.90 Å². The van der Waals surface area contributed by atoms with Gasteiger partial charge < -0.3 is 9.64 Å². The molecule has 0 saturated carbocycles. The Morgan fingerprint density at radius 3 is 2.54 bits per heavy atom. The summed E-state index contributed by atoms with van der Waals surface area (Å²) in [6.45, 7) is 13.5. The Morgan fingerprint density at radius 2 is 1.93 bits per heavy atom. The lowest BCUT2D eigenvalue weighted by Gasteiger charge is -2.36. The minimum Gasteiger partial charge on any atom is -0.465 e. The van der Waals surface area contributed by atoms with Gasteiger partial charge in [-0.1, -0.05) is 19.1 Å². The molecule has 0 spiro atoms. The highest BCUT2D eigenvalue weighted by atomic mass is 19.1. The number of hydrogen-bond donors (Lipinski definition) is 0. The van der Waals surface area contributed by atoms with Crippen LogP contribution in [0, 0.1) is 12.4 Å². The third-order valence-corrected chi connectivity index (χ3v) is 5.15. The van der Waals surface area contributed by atoms with Gasteiger partial charge in [-0.15, -0.1) is 0 Å². The molecule has 1 aliphatic rings. The minimum atomic E-state index is -0.659. The third-order valence-electron chi connectivity index (χ3n) is 5.15. The molecule has 2 aromatic carbocycles. The second-order valence-corrected chi connectivity index (χ2v) is 6.85. The fourth-order valence-electron chi connectivity index (χ4n) is 3.52. The van der Waals surface area contributed by atoms with Gasteiger partial charge in [-0.3, -0.25) is 4.90 Å². The summed E-state index contributed by atoms with van der Waals surface area (Å²) >= 11 is 0. The van der Waals surface area contributed by atoms with Gasteiger partial charge in [0.15, 0.2) is 5.69 Å². The summed E-state index contributed by atoms with van der Waals surface area (Å²) in [6, 6.07) is 10.7. The summed E-state index contributed by atoms with van der Waals surface area (Å²) in [6.07, 6.45) is 0.846. The SMILES string of the molecule is [C-]#[N+]c1ccc(N2CCN(Cc3ccc(C(=O)OC)c(F)c3)CC2)cc1CC. The topological polar surface area (TPSA) is 37.1 Å². The second kappa shape index (κ2) is 8.85. The molecule has 28 heavy (non-hydrogen) atoms. The Hall–Kier alpha value is -2.91. The minimum absolute atomic E-state index is 0.0364. The van der Waals surface area contributed by atoms with Crippen LogP contribution in [0.1, 0.15) is 28.4 Å². The first-order chi connectivity index (χ1) is 13.5. The van der Waals surface area contributed by atoms with E-state index in [1.54, 1.807) is 6.07 Å². The van der Waals surface area contributed by atoms with Gasteiger partial charge in [0.2, 0.25) is 0 Å². The number of halogens is 1. The van der Waals surface area contributed by atoms with Crippen molar-refractivity contribution in [3.05, 3.63) is 70.3 Å². The number of rotatable bonds is 5. The first-order valence-corrected chi connectivity index (χ1v) is 9.40. The summed E-state index contributed by atoms with van der Waals surface area (Å²) < 4.78 is 18.7. The van der Waals surface area contributed by atoms with E-state index in [0.29, 0.717) is 6.54 Å². The van der Waals surface area contributed by atoms with Crippen molar-refractivity contribution < 1.29 is 13.9 Å². The van der Waals surface area contributed by atoms with Crippen LogP contribution < -0.4 is 4.90 Å². The zero-order valence-electron chi connectivity index (χ0n) is 16.2. The molecule has 146 valence electrons. The standard InChI is InChI=1S/C22H24FN3O2/c1-4-17-14-18(6-8-21(17)24-2)26-11-9-25(10-12-26)15-16-5-7-19(20(23)13-16)22(27)28-3/h5-8,13-14H,4,9-12,15H2,1,3H3. The Kier molecular flexibility index (Phi) is 6.27.